The Labute approximate surface area is 154 Å². The lowest BCUT2D eigenvalue weighted by atomic mass is 9.93. The first kappa shape index (κ1) is 17.1. The van der Waals surface area contributed by atoms with Crippen LogP contribution in [0.15, 0.2) is 48.6 Å². The van der Waals surface area contributed by atoms with E-state index in [1.165, 1.54) is 16.5 Å². The second-order valence-corrected chi connectivity index (χ2v) is 7.61. The van der Waals surface area contributed by atoms with Gasteiger partial charge < -0.3 is 9.84 Å². The summed E-state index contributed by atoms with van der Waals surface area (Å²) in [7, 11) is 0. The molecule has 1 saturated carbocycles. The van der Waals surface area contributed by atoms with Gasteiger partial charge in [0.2, 0.25) is 0 Å². The molecule has 0 amide bonds. The second kappa shape index (κ2) is 7.12. The molecule has 1 aliphatic carbocycles. The zero-order valence-electron chi connectivity index (χ0n) is 15.0. The average Bonchev–Trinajstić information content (AvgIpc) is 2.59. The number of rotatable bonds is 5. The van der Waals surface area contributed by atoms with E-state index in [-0.39, 0.29) is 12.0 Å². The number of carbonyl (C=O) groups is 1. The van der Waals surface area contributed by atoms with Gasteiger partial charge >= 0.3 is 5.97 Å². The molecule has 2 fully saturated rings. The van der Waals surface area contributed by atoms with Crippen LogP contribution in [0.2, 0.25) is 0 Å². The molecule has 0 bridgehead atoms. The van der Waals surface area contributed by atoms with Crippen molar-refractivity contribution in [2.45, 2.75) is 38.3 Å². The van der Waals surface area contributed by atoms with Crippen molar-refractivity contribution in [3.05, 3.63) is 54.1 Å². The van der Waals surface area contributed by atoms with Gasteiger partial charge in [-0.1, -0.05) is 36.4 Å². The van der Waals surface area contributed by atoms with E-state index < -0.39 is 5.97 Å². The molecular formula is C22H25NO3. The van der Waals surface area contributed by atoms with Gasteiger partial charge in [-0.2, -0.15) is 0 Å². The Bertz CT molecular complexity index is 828. The number of benzene rings is 2. The Morgan fingerprint density at radius 1 is 1.19 bits per heavy atom. The van der Waals surface area contributed by atoms with Crippen molar-refractivity contribution in [2.75, 3.05) is 13.1 Å². The summed E-state index contributed by atoms with van der Waals surface area (Å²) in [5.41, 5.74) is 2.55. The molecule has 4 nitrogen and oxygen atoms in total. The Morgan fingerprint density at radius 3 is 2.69 bits per heavy atom. The monoisotopic (exact) mass is 351 g/mol. The predicted molar refractivity (Wildman–Crippen MR) is 102 cm³/mol. The molecular weight excluding hydrogens is 326 g/mol. The number of aliphatic carboxylic acids is 1. The minimum Gasteiger partial charge on any atom is -0.490 e. The van der Waals surface area contributed by atoms with Crippen LogP contribution in [0, 0.1) is 5.92 Å². The highest BCUT2D eigenvalue weighted by atomic mass is 16.5. The fourth-order valence-corrected chi connectivity index (χ4v) is 3.91. The maximum atomic E-state index is 10.9. The zero-order chi connectivity index (χ0) is 18.1. The van der Waals surface area contributed by atoms with Crippen LogP contribution in [0.3, 0.4) is 0 Å². The highest BCUT2D eigenvalue weighted by Gasteiger charge is 2.32. The molecule has 4 rings (SSSR count). The van der Waals surface area contributed by atoms with Crippen LogP contribution in [0.5, 0.6) is 5.75 Å². The van der Waals surface area contributed by atoms with Crippen LogP contribution in [0.1, 0.15) is 31.2 Å². The molecule has 2 aliphatic rings. The van der Waals surface area contributed by atoms with E-state index in [1.54, 1.807) is 0 Å². The van der Waals surface area contributed by atoms with Crippen LogP contribution < -0.4 is 4.74 Å². The van der Waals surface area contributed by atoms with Gasteiger partial charge in [0.25, 0.3) is 0 Å². The van der Waals surface area contributed by atoms with Gasteiger partial charge in [0.1, 0.15) is 5.75 Å². The van der Waals surface area contributed by atoms with E-state index >= 15 is 0 Å². The Kier molecular flexibility index (Phi) is 4.68. The van der Waals surface area contributed by atoms with Crippen LogP contribution in [-0.2, 0) is 11.3 Å². The van der Waals surface area contributed by atoms with Crippen molar-refractivity contribution >= 4 is 16.7 Å². The molecule has 2 aromatic carbocycles. The lowest BCUT2D eigenvalue weighted by Crippen LogP contribution is -2.49. The zero-order valence-corrected chi connectivity index (χ0v) is 15.0. The quantitative estimate of drug-likeness (QED) is 0.819. The summed E-state index contributed by atoms with van der Waals surface area (Å²) >= 11 is 0. The maximum absolute atomic E-state index is 10.9. The Balaban J connectivity index is 1.45. The van der Waals surface area contributed by atoms with E-state index in [2.05, 4.69) is 41.8 Å². The summed E-state index contributed by atoms with van der Waals surface area (Å²) in [6.45, 7) is 6.16. The number of fused-ring (bicyclic) bond motifs is 1. The molecule has 1 heterocycles. The SMILES string of the molecule is C=C1CCC(Oc2cccc3cc(CN4CC(C(=O)O)C4)ccc23)CC1. The molecule has 0 radical (unpaired) electrons. The van der Waals surface area contributed by atoms with E-state index in [4.69, 9.17) is 9.84 Å². The third-order valence-electron chi connectivity index (χ3n) is 5.55. The van der Waals surface area contributed by atoms with E-state index in [1.807, 2.05) is 6.07 Å². The minimum absolute atomic E-state index is 0.206. The first-order chi connectivity index (χ1) is 12.6. The topological polar surface area (TPSA) is 49.8 Å². The molecule has 1 aliphatic heterocycles. The number of hydrogen-bond acceptors (Lipinski definition) is 3. The highest BCUT2D eigenvalue weighted by molar-refractivity contribution is 5.88. The number of nitrogens with zero attached hydrogens (tertiary/aromatic N) is 1. The molecule has 0 spiro atoms. The summed E-state index contributed by atoms with van der Waals surface area (Å²) in [5.74, 6) is 0.0660. The van der Waals surface area contributed by atoms with Crippen molar-refractivity contribution in [3.8, 4) is 5.75 Å². The van der Waals surface area contributed by atoms with Crippen LogP contribution >= 0.6 is 0 Å². The normalized spacial score (nSPS) is 19.5. The van der Waals surface area contributed by atoms with Crippen LogP contribution in [-0.4, -0.2) is 35.2 Å². The minimum atomic E-state index is -0.687. The third kappa shape index (κ3) is 3.61. The lowest BCUT2D eigenvalue weighted by Gasteiger charge is -2.36. The van der Waals surface area contributed by atoms with Crippen LogP contribution in [0.25, 0.3) is 10.8 Å². The second-order valence-electron chi connectivity index (χ2n) is 7.61. The van der Waals surface area contributed by atoms with Gasteiger partial charge in [-0.15, -0.1) is 0 Å². The highest BCUT2D eigenvalue weighted by Crippen LogP contribution is 2.32. The average molecular weight is 351 g/mol. The number of carboxylic acid groups (broad SMARTS) is 1. The largest absolute Gasteiger partial charge is 0.490 e. The van der Waals surface area contributed by atoms with Crippen molar-refractivity contribution in [1.82, 2.24) is 4.90 Å². The predicted octanol–water partition coefficient (Wildman–Crippen LogP) is 4.23. The fraction of sp³-hybridized carbons (Fsp3) is 0.409. The van der Waals surface area contributed by atoms with Gasteiger partial charge in [0, 0.05) is 25.0 Å². The van der Waals surface area contributed by atoms with Gasteiger partial charge in [0.05, 0.1) is 12.0 Å². The van der Waals surface area contributed by atoms with E-state index in [0.717, 1.165) is 43.4 Å². The number of hydrogen-bond donors (Lipinski definition) is 1. The Hall–Kier alpha value is -2.33. The number of likely N-dealkylation sites (tertiary alicyclic amines) is 1. The van der Waals surface area contributed by atoms with E-state index in [0.29, 0.717) is 13.1 Å². The molecule has 136 valence electrons. The maximum Gasteiger partial charge on any atom is 0.309 e. The van der Waals surface area contributed by atoms with Crippen molar-refractivity contribution in [1.29, 1.82) is 0 Å². The number of allylic oxidation sites excluding steroid dienone is 1. The summed E-state index contributed by atoms with van der Waals surface area (Å²) in [6, 6.07) is 12.7. The fourth-order valence-electron chi connectivity index (χ4n) is 3.91. The van der Waals surface area contributed by atoms with Crippen molar-refractivity contribution in [2.24, 2.45) is 5.92 Å². The molecule has 4 heteroatoms. The molecule has 0 atom stereocenters. The lowest BCUT2D eigenvalue weighted by molar-refractivity contribution is -0.147. The summed E-state index contributed by atoms with van der Waals surface area (Å²) < 4.78 is 6.29. The first-order valence-corrected chi connectivity index (χ1v) is 9.38. The standard InChI is InChI=1S/C22H25NO3/c1-15-5-8-19(9-6-15)26-21-4-2-3-17-11-16(7-10-20(17)21)12-23-13-18(14-23)22(24)25/h2-4,7,10-11,18-19H,1,5-6,8-9,12-14H2,(H,24,25). The molecule has 1 saturated heterocycles. The van der Waals surface area contributed by atoms with E-state index in [9.17, 15) is 4.79 Å². The third-order valence-corrected chi connectivity index (χ3v) is 5.55. The first-order valence-electron chi connectivity index (χ1n) is 9.38. The molecule has 2 aromatic rings. The summed E-state index contributed by atoms with van der Waals surface area (Å²) in [4.78, 5) is 13.1. The van der Waals surface area contributed by atoms with Gasteiger partial charge in [0.15, 0.2) is 0 Å². The van der Waals surface area contributed by atoms with Gasteiger partial charge in [-0.05, 0) is 48.8 Å². The smallest absolute Gasteiger partial charge is 0.309 e. The number of carboxylic acids is 1. The number of ether oxygens (including phenoxy) is 1. The van der Waals surface area contributed by atoms with Crippen molar-refractivity contribution < 1.29 is 14.6 Å². The van der Waals surface area contributed by atoms with Gasteiger partial charge in [-0.25, -0.2) is 0 Å². The molecule has 0 aromatic heterocycles. The molecule has 1 N–H and O–H groups in total. The molecule has 0 unspecified atom stereocenters. The summed E-state index contributed by atoms with van der Waals surface area (Å²) in [5, 5.41) is 11.3. The molecule has 26 heavy (non-hydrogen) atoms. The summed E-state index contributed by atoms with van der Waals surface area (Å²) in [6.07, 6.45) is 4.50. The Morgan fingerprint density at radius 2 is 1.96 bits per heavy atom. The van der Waals surface area contributed by atoms with Crippen LogP contribution in [0.4, 0.5) is 0 Å². The van der Waals surface area contributed by atoms with Crippen molar-refractivity contribution in [3.63, 3.8) is 0 Å². The van der Waals surface area contributed by atoms with Gasteiger partial charge in [-0.3, -0.25) is 9.69 Å².